The van der Waals surface area contributed by atoms with Crippen molar-refractivity contribution >= 4 is 22.9 Å². The van der Waals surface area contributed by atoms with Crippen molar-refractivity contribution in [1.29, 1.82) is 0 Å². The Labute approximate surface area is 106 Å². The summed E-state index contributed by atoms with van der Waals surface area (Å²) in [5.41, 5.74) is 2.63. The molecular formula is C11H19ClN2OS. The van der Waals surface area contributed by atoms with Crippen molar-refractivity contribution in [3.05, 3.63) is 21.3 Å². The largest absolute Gasteiger partial charge is 0.374 e. The number of thiophene rings is 1. The van der Waals surface area contributed by atoms with Crippen molar-refractivity contribution in [2.24, 2.45) is 5.84 Å². The summed E-state index contributed by atoms with van der Waals surface area (Å²) < 4.78 is 6.50. The van der Waals surface area contributed by atoms with Crippen molar-refractivity contribution in [3.8, 4) is 0 Å². The molecule has 1 unspecified atom stereocenters. The molecule has 3 N–H and O–H groups in total. The Morgan fingerprint density at radius 1 is 1.50 bits per heavy atom. The predicted molar refractivity (Wildman–Crippen MR) is 69.8 cm³/mol. The zero-order valence-corrected chi connectivity index (χ0v) is 11.5. The van der Waals surface area contributed by atoms with Crippen LogP contribution in [0, 0.1) is 0 Å². The molecule has 0 amide bonds. The molecule has 0 aliphatic rings. The van der Waals surface area contributed by atoms with Crippen LogP contribution >= 0.6 is 22.9 Å². The highest BCUT2D eigenvalue weighted by atomic mass is 35.5. The second-order valence-corrected chi connectivity index (χ2v) is 6.50. The molecule has 3 nitrogen and oxygen atoms in total. The van der Waals surface area contributed by atoms with Crippen molar-refractivity contribution in [2.45, 2.75) is 38.8 Å². The molecule has 0 saturated carbocycles. The van der Waals surface area contributed by atoms with Crippen molar-refractivity contribution in [1.82, 2.24) is 5.43 Å². The maximum Gasteiger partial charge on any atom is 0.0931 e. The number of hydrogen-bond acceptors (Lipinski definition) is 4. The Kier molecular flexibility index (Phi) is 5.21. The van der Waals surface area contributed by atoms with E-state index in [2.05, 4.69) is 5.43 Å². The van der Waals surface area contributed by atoms with E-state index in [4.69, 9.17) is 22.2 Å². The standard InChI is InChI=1S/C11H19ClN2OS/c1-11(2,3)15-7-8(14-13)6-9-4-5-10(12)16-9/h4-5,8,14H,6-7,13H2,1-3H3. The average molecular weight is 263 g/mol. The van der Waals surface area contributed by atoms with Crippen molar-refractivity contribution < 1.29 is 4.74 Å². The quantitative estimate of drug-likeness (QED) is 0.633. The van der Waals surface area contributed by atoms with Gasteiger partial charge in [0.25, 0.3) is 0 Å². The first-order valence-electron chi connectivity index (χ1n) is 5.25. The lowest BCUT2D eigenvalue weighted by Gasteiger charge is -2.23. The Hall–Kier alpha value is -0.130. The molecule has 5 heteroatoms. The molecule has 0 aliphatic carbocycles. The summed E-state index contributed by atoms with van der Waals surface area (Å²) >= 11 is 7.45. The van der Waals surface area contributed by atoms with Gasteiger partial charge in [-0.2, -0.15) is 0 Å². The normalized spacial score (nSPS) is 14.1. The van der Waals surface area contributed by atoms with Gasteiger partial charge < -0.3 is 4.74 Å². The molecule has 0 spiro atoms. The van der Waals surface area contributed by atoms with Gasteiger partial charge in [-0.25, -0.2) is 0 Å². The molecular weight excluding hydrogens is 244 g/mol. The Bertz CT molecular complexity index is 322. The number of rotatable bonds is 5. The molecule has 0 fully saturated rings. The molecule has 1 rings (SSSR count). The minimum Gasteiger partial charge on any atom is -0.374 e. The van der Waals surface area contributed by atoms with Gasteiger partial charge >= 0.3 is 0 Å². The zero-order chi connectivity index (χ0) is 12.2. The summed E-state index contributed by atoms with van der Waals surface area (Å²) in [5.74, 6) is 5.50. The highest BCUT2D eigenvalue weighted by Gasteiger charge is 2.15. The van der Waals surface area contributed by atoms with E-state index in [0.29, 0.717) is 6.61 Å². The van der Waals surface area contributed by atoms with Crippen LogP contribution in [0.25, 0.3) is 0 Å². The molecule has 0 saturated heterocycles. The number of hydrazine groups is 1. The number of nitrogens with one attached hydrogen (secondary N) is 1. The lowest BCUT2D eigenvalue weighted by atomic mass is 10.1. The molecule has 0 bridgehead atoms. The molecule has 1 atom stereocenters. The van der Waals surface area contributed by atoms with Crippen LogP contribution < -0.4 is 11.3 Å². The summed E-state index contributed by atoms with van der Waals surface area (Å²) in [5, 5.41) is 0. The van der Waals surface area contributed by atoms with Gasteiger partial charge in [-0.1, -0.05) is 11.6 Å². The van der Waals surface area contributed by atoms with E-state index in [-0.39, 0.29) is 11.6 Å². The van der Waals surface area contributed by atoms with Crippen LogP contribution in [0.2, 0.25) is 4.34 Å². The smallest absolute Gasteiger partial charge is 0.0931 e. The molecule has 1 heterocycles. The lowest BCUT2D eigenvalue weighted by molar-refractivity contribution is -0.0142. The first-order valence-corrected chi connectivity index (χ1v) is 6.44. The number of hydrogen-bond donors (Lipinski definition) is 2. The topological polar surface area (TPSA) is 47.3 Å². The van der Waals surface area contributed by atoms with Crippen LogP contribution in [0.3, 0.4) is 0 Å². The SMILES string of the molecule is CC(C)(C)OCC(Cc1ccc(Cl)s1)NN. The first kappa shape index (κ1) is 13.9. The zero-order valence-electron chi connectivity index (χ0n) is 9.92. The second kappa shape index (κ2) is 5.98. The first-order chi connectivity index (χ1) is 7.40. The van der Waals surface area contributed by atoms with Crippen LogP contribution in [0.5, 0.6) is 0 Å². The maximum atomic E-state index is 5.87. The van der Waals surface area contributed by atoms with Crippen LogP contribution in [-0.4, -0.2) is 18.2 Å². The van der Waals surface area contributed by atoms with Crippen LogP contribution in [0.1, 0.15) is 25.6 Å². The Balaban J connectivity index is 2.43. The summed E-state index contributed by atoms with van der Waals surface area (Å²) in [6.07, 6.45) is 0.837. The minimum atomic E-state index is -0.137. The van der Waals surface area contributed by atoms with Gasteiger partial charge in [-0.15, -0.1) is 11.3 Å². The molecule has 0 aliphatic heterocycles. The van der Waals surface area contributed by atoms with E-state index >= 15 is 0 Å². The predicted octanol–water partition coefficient (Wildman–Crippen LogP) is 2.59. The third kappa shape index (κ3) is 5.27. The van der Waals surface area contributed by atoms with Gasteiger partial charge in [0.15, 0.2) is 0 Å². The average Bonchev–Trinajstić information content (AvgIpc) is 2.57. The number of halogens is 1. The highest BCUT2D eigenvalue weighted by molar-refractivity contribution is 7.16. The van der Waals surface area contributed by atoms with E-state index in [9.17, 15) is 0 Å². The molecule has 0 aromatic carbocycles. The maximum absolute atomic E-state index is 5.87. The van der Waals surface area contributed by atoms with Crippen molar-refractivity contribution in [3.63, 3.8) is 0 Å². The van der Waals surface area contributed by atoms with Gasteiger partial charge in [0.05, 0.1) is 16.5 Å². The van der Waals surface area contributed by atoms with Gasteiger partial charge in [-0.3, -0.25) is 11.3 Å². The summed E-state index contributed by atoms with van der Waals surface area (Å²) in [6, 6.07) is 4.04. The Morgan fingerprint density at radius 2 is 2.19 bits per heavy atom. The third-order valence-electron chi connectivity index (χ3n) is 2.03. The van der Waals surface area contributed by atoms with Crippen LogP contribution in [0.4, 0.5) is 0 Å². The fourth-order valence-corrected chi connectivity index (χ4v) is 2.39. The summed E-state index contributed by atoms with van der Waals surface area (Å²) in [4.78, 5) is 1.21. The van der Waals surface area contributed by atoms with E-state index in [0.717, 1.165) is 10.8 Å². The molecule has 16 heavy (non-hydrogen) atoms. The van der Waals surface area contributed by atoms with Gasteiger partial charge in [0, 0.05) is 17.3 Å². The van der Waals surface area contributed by atoms with Gasteiger partial charge in [0.2, 0.25) is 0 Å². The highest BCUT2D eigenvalue weighted by Crippen LogP contribution is 2.22. The molecule has 1 aromatic heterocycles. The molecule has 1 aromatic rings. The number of ether oxygens (including phenoxy) is 1. The lowest BCUT2D eigenvalue weighted by Crippen LogP contribution is -2.42. The van der Waals surface area contributed by atoms with E-state index in [1.807, 2.05) is 32.9 Å². The fourth-order valence-electron chi connectivity index (χ4n) is 1.22. The summed E-state index contributed by atoms with van der Waals surface area (Å²) in [6.45, 7) is 6.68. The summed E-state index contributed by atoms with van der Waals surface area (Å²) in [7, 11) is 0. The van der Waals surface area contributed by atoms with E-state index < -0.39 is 0 Å². The monoisotopic (exact) mass is 262 g/mol. The second-order valence-electron chi connectivity index (χ2n) is 4.70. The number of nitrogens with two attached hydrogens (primary N) is 1. The minimum absolute atomic E-state index is 0.119. The van der Waals surface area contributed by atoms with Crippen LogP contribution in [-0.2, 0) is 11.2 Å². The third-order valence-corrected chi connectivity index (χ3v) is 3.28. The Morgan fingerprint density at radius 3 is 2.62 bits per heavy atom. The van der Waals surface area contributed by atoms with Gasteiger partial charge in [-0.05, 0) is 32.9 Å². The van der Waals surface area contributed by atoms with E-state index in [1.165, 1.54) is 4.88 Å². The van der Waals surface area contributed by atoms with E-state index in [1.54, 1.807) is 11.3 Å². The fraction of sp³-hybridized carbons (Fsp3) is 0.636. The molecule has 0 radical (unpaired) electrons. The van der Waals surface area contributed by atoms with Crippen LogP contribution in [0.15, 0.2) is 12.1 Å². The molecule has 92 valence electrons. The van der Waals surface area contributed by atoms with Crippen molar-refractivity contribution in [2.75, 3.05) is 6.61 Å². The van der Waals surface area contributed by atoms with Gasteiger partial charge in [0.1, 0.15) is 0 Å².